The molecule has 0 saturated heterocycles. The maximum Gasteiger partial charge on any atom is 0.298 e. The van der Waals surface area contributed by atoms with Crippen molar-refractivity contribution in [1.82, 2.24) is 4.90 Å². The smallest absolute Gasteiger partial charge is 0.298 e. The van der Waals surface area contributed by atoms with Gasteiger partial charge in [-0.05, 0) is 116 Å². The van der Waals surface area contributed by atoms with E-state index in [2.05, 4.69) is 78.1 Å². The Labute approximate surface area is 242 Å². The van der Waals surface area contributed by atoms with Crippen molar-refractivity contribution in [1.29, 1.82) is 0 Å². The van der Waals surface area contributed by atoms with Crippen molar-refractivity contribution in [3.05, 3.63) is 59.2 Å². The number of carbonyl (C=O) groups excluding carboxylic acids is 1. The summed E-state index contributed by atoms with van der Waals surface area (Å²) in [4.78, 5) is 15.9. The van der Waals surface area contributed by atoms with Gasteiger partial charge in [-0.3, -0.25) is 4.79 Å². The normalized spacial score (nSPS) is 30.0. The van der Waals surface area contributed by atoms with Crippen LogP contribution in [0, 0.1) is 29.2 Å². The average Bonchev–Trinajstić information content (AvgIpc) is 2.93. The van der Waals surface area contributed by atoms with Gasteiger partial charge >= 0.3 is 0 Å². The topological polar surface area (TPSA) is 41.6 Å². The SMILES string of the molecule is CCCC[C@H]1Cc2cc(OC)ccc2[C@H](c2ccc(NC34CC5CC(CC(C5)C3)C4)cc2)N1C(=O)C#C[Si](C)C. The van der Waals surface area contributed by atoms with Crippen molar-refractivity contribution in [3.63, 3.8) is 0 Å². The van der Waals surface area contributed by atoms with Gasteiger partial charge < -0.3 is 15.0 Å². The quantitative estimate of drug-likeness (QED) is 0.287. The number of hydrogen-bond donors (Lipinski definition) is 1. The molecular weight excluding hydrogens is 508 g/mol. The molecule has 5 aliphatic rings. The van der Waals surface area contributed by atoms with Gasteiger partial charge in [0.05, 0.1) is 13.2 Å². The lowest BCUT2D eigenvalue weighted by Gasteiger charge is -2.57. The molecule has 5 heteroatoms. The van der Waals surface area contributed by atoms with Gasteiger partial charge in [-0.1, -0.05) is 51.1 Å². The summed E-state index contributed by atoms with van der Waals surface area (Å²) in [6, 6.07) is 15.4. The van der Waals surface area contributed by atoms with Crippen LogP contribution in [0.5, 0.6) is 5.75 Å². The summed E-state index contributed by atoms with van der Waals surface area (Å²) < 4.78 is 5.60. The van der Waals surface area contributed by atoms with Crippen molar-refractivity contribution in [2.24, 2.45) is 17.8 Å². The summed E-state index contributed by atoms with van der Waals surface area (Å²) >= 11 is 0. The standard InChI is InChI=1S/C35H45N2O2Si/c1-5-6-7-30-19-28-20-31(39-2)12-13-32(28)34(37(30)33(38)14-15-40(3)4)27-8-10-29(11-9-27)36-35-21-24-16-25(22-35)18-26(17-24)23-35/h8-13,20,24-26,30,34,36H,5-7,16-19,21-23H2,1-4H3/t24?,25?,26?,30-,34-,35?/m0/s1. The number of anilines is 1. The summed E-state index contributed by atoms with van der Waals surface area (Å²) in [5, 5.41) is 4.04. The van der Waals surface area contributed by atoms with Gasteiger partial charge in [0, 0.05) is 17.3 Å². The highest BCUT2D eigenvalue weighted by Crippen LogP contribution is 2.56. The monoisotopic (exact) mass is 553 g/mol. The zero-order chi connectivity index (χ0) is 27.9. The first-order valence-electron chi connectivity index (χ1n) is 15.6. The third kappa shape index (κ3) is 5.44. The second kappa shape index (κ2) is 11.3. The first-order chi connectivity index (χ1) is 19.4. The zero-order valence-electron chi connectivity index (χ0n) is 24.8. The highest BCUT2D eigenvalue weighted by Gasteiger charge is 2.51. The van der Waals surface area contributed by atoms with Crippen molar-refractivity contribution < 1.29 is 9.53 Å². The van der Waals surface area contributed by atoms with Crippen LogP contribution in [-0.2, 0) is 11.2 Å². The molecule has 40 heavy (non-hydrogen) atoms. The number of unbranched alkanes of at least 4 members (excludes halogenated alkanes) is 1. The summed E-state index contributed by atoms with van der Waals surface area (Å²) in [6.45, 7) is 6.51. The molecule has 0 spiro atoms. The number of carbonyl (C=O) groups is 1. The van der Waals surface area contributed by atoms with E-state index in [0.29, 0.717) is 0 Å². The number of amides is 1. The lowest BCUT2D eigenvalue weighted by molar-refractivity contribution is -0.130. The molecule has 2 aromatic carbocycles. The lowest BCUT2D eigenvalue weighted by atomic mass is 9.53. The van der Waals surface area contributed by atoms with E-state index in [1.807, 2.05) is 6.07 Å². The number of methoxy groups -OCH3 is 1. The Morgan fingerprint density at radius 1 is 1.05 bits per heavy atom. The summed E-state index contributed by atoms with van der Waals surface area (Å²) in [5.74, 6) is 6.66. The summed E-state index contributed by atoms with van der Waals surface area (Å²) in [7, 11) is 0.916. The first kappa shape index (κ1) is 27.5. The predicted octanol–water partition coefficient (Wildman–Crippen LogP) is 7.41. The van der Waals surface area contributed by atoms with Gasteiger partial charge in [0.2, 0.25) is 0 Å². The molecule has 1 amide bonds. The van der Waals surface area contributed by atoms with E-state index in [1.54, 1.807) is 7.11 Å². The fourth-order valence-corrected chi connectivity index (χ4v) is 9.09. The zero-order valence-corrected chi connectivity index (χ0v) is 25.8. The molecule has 211 valence electrons. The van der Waals surface area contributed by atoms with Crippen molar-refractivity contribution in [3.8, 4) is 17.2 Å². The van der Waals surface area contributed by atoms with Crippen LogP contribution in [-0.4, -0.2) is 38.3 Å². The van der Waals surface area contributed by atoms with E-state index in [-0.39, 0.29) is 23.5 Å². The largest absolute Gasteiger partial charge is 0.497 e. The molecule has 4 fully saturated rings. The molecule has 1 N–H and O–H groups in total. The van der Waals surface area contributed by atoms with Crippen LogP contribution >= 0.6 is 0 Å². The number of fused-ring (bicyclic) bond motifs is 1. The molecule has 1 heterocycles. The van der Waals surface area contributed by atoms with E-state index < -0.39 is 8.80 Å². The van der Waals surface area contributed by atoms with Crippen LogP contribution in [0.1, 0.15) is 87.4 Å². The Kier molecular flexibility index (Phi) is 7.74. The number of nitrogens with zero attached hydrogens (tertiary/aromatic N) is 1. The first-order valence-corrected chi connectivity index (χ1v) is 18.1. The molecule has 4 aliphatic carbocycles. The second-order valence-corrected chi connectivity index (χ2v) is 15.6. The Bertz CT molecular complexity index is 1260. The van der Waals surface area contributed by atoms with Crippen molar-refractivity contribution in [2.45, 2.75) is 102 Å². The molecule has 2 atom stereocenters. The molecule has 4 saturated carbocycles. The fraction of sp³-hybridized carbons (Fsp3) is 0.571. The summed E-state index contributed by atoms with van der Waals surface area (Å²) in [5.41, 5.74) is 8.40. The van der Waals surface area contributed by atoms with E-state index in [9.17, 15) is 4.79 Å². The lowest BCUT2D eigenvalue weighted by Crippen LogP contribution is -2.54. The van der Waals surface area contributed by atoms with Gasteiger partial charge in [-0.2, -0.15) is 0 Å². The minimum Gasteiger partial charge on any atom is -0.497 e. The Morgan fingerprint density at radius 2 is 1.73 bits per heavy atom. The number of nitrogens with one attached hydrogen (secondary N) is 1. The number of ether oxygens (including phenoxy) is 1. The molecule has 2 aromatic rings. The molecule has 0 unspecified atom stereocenters. The van der Waals surface area contributed by atoms with Gasteiger partial charge in [-0.15, -0.1) is 5.54 Å². The molecule has 4 nitrogen and oxygen atoms in total. The molecule has 0 aromatic heterocycles. The maximum absolute atomic E-state index is 13.8. The van der Waals surface area contributed by atoms with Crippen LogP contribution in [0.3, 0.4) is 0 Å². The molecule has 1 aliphatic heterocycles. The molecule has 7 rings (SSSR count). The molecular formula is C35H45N2O2Si. The molecule has 4 bridgehead atoms. The van der Waals surface area contributed by atoms with E-state index >= 15 is 0 Å². The van der Waals surface area contributed by atoms with E-state index in [4.69, 9.17) is 4.74 Å². The van der Waals surface area contributed by atoms with Crippen molar-refractivity contribution in [2.75, 3.05) is 12.4 Å². The average molecular weight is 554 g/mol. The Morgan fingerprint density at radius 3 is 2.33 bits per heavy atom. The van der Waals surface area contributed by atoms with Gasteiger partial charge in [-0.25, -0.2) is 0 Å². The Hall–Kier alpha value is -2.71. The van der Waals surface area contributed by atoms with Crippen LogP contribution in [0.2, 0.25) is 13.1 Å². The van der Waals surface area contributed by atoms with Gasteiger partial charge in [0.25, 0.3) is 5.91 Å². The third-order valence-electron chi connectivity index (χ3n) is 9.99. The third-order valence-corrected chi connectivity index (χ3v) is 10.6. The predicted molar refractivity (Wildman–Crippen MR) is 165 cm³/mol. The fourth-order valence-electron chi connectivity index (χ4n) is 8.73. The van der Waals surface area contributed by atoms with Gasteiger partial charge in [0.1, 0.15) is 14.5 Å². The van der Waals surface area contributed by atoms with Crippen LogP contribution in [0.25, 0.3) is 0 Å². The Balaban J connectivity index is 1.34. The number of benzene rings is 2. The maximum atomic E-state index is 13.8. The minimum atomic E-state index is -0.813. The highest BCUT2D eigenvalue weighted by molar-refractivity contribution is 6.65. The van der Waals surface area contributed by atoms with Gasteiger partial charge in [0.15, 0.2) is 0 Å². The summed E-state index contributed by atoms with van der Waals surface area (Å²) in [6.07, 6.45) is 12.4. The van der Waals surface area contributed by atoms with E-state index in [0.717, 1.165) is 54.7 Å². The van der Waals surface area contributed by atoms with Crippen LogP contribution < -0.4 is 10.1 Å². The number of hydrogen-bond acceptors (Lipinski definition) is 3. The second-order valence-electron chi connectivity index (χ2n) is 13.4. The van der Waals surface area contributed by atoms with Crippen LogP contribution in [0.4, 0.5) is 5.69 Å². The highest BCUT2D eigenvalue weighted by atomic mass is 28.3. The van der Waals surface area contributed by atoms with Crippen LogP contribution in [0.15, 0.2) is 42.5 Å². The minimum absolute atomic E-state index is 0.0328. The van der Waals surface area contributed by atoms with E-state index in [1.165, 1.54) is 55.3 Å². The number of rotatable bonds is 7. The van der Waals surface area contributed by atoms with Crippen molar-refractivity contribution >= 4 is 20.4 Å². The molecule has 1 radical (unpaired) electrons.